The monoisotopic (exact) mass is 380 g/mol. The summed E-state index contributed by atoms with van der Waals surface area (Å²) in [6, 6.07) is 0. The summed E-state index contributed by atoms with van der Waals surface area (Å²) in [4.78, 5) is 27.6. The van der Waals surface area contributed by atoms with Crippen LogP contribution >= 0.6 is 0 Å². The van der Waals surface area contributed by atoms with Gasteiger partial charge in [-0.2, -0.15) is 0 Å². The maximum absolute atomic E-state index is 12.5. The number of hydrogen-bond donors (Lipinski definition) is 2. The van der Waals surface area contributed by atoms with Gasteiger partial charge >= 0.3 is 0 Å². The summed E-state index contributed by atoms with van der Waals surface area (Å²) in [5.41, 5.74) is 0. The number of ether oxygens (including phenoxy) is 4. The molecular formula is C16H32N2O8. The largest absolute Gasteiger partial charge is 0.394 e. The summed E-state index contributed by atoms with van der Waals surface area (Å²) in [6.07, 6.45) is -2.29. The predicted octanol–water partition coefficient (Wildman–Crippen LogP) is -2.05. The molecule has 0 saturated heterocycles. The van der Waals surface area contributed by atoms with Crippen LogP contribution in [0.15, 0.2) is 0 Å². The normalized spacial score (nSPS) is 13.3. The minimum Gasteiger partial charge on any atom is -0.394 e. The number of carbonyl (C=O) groups excluding carboxylic acids is 2. The molecule has 2 amide bonds. The Bertz CT molecular complexity index is 356. The van der Waals surface area contributed by atoms with Crippen LogP contribution in [0.1, 0.15) is 0 Å². The fourth-order valence-electron chi connectivity index (χ4n) is 1.89. The Balaban J connectivity index is 4.97. The lowest BCUT2D eigenvalue weighted by atomic mass is 10.1. The molecule has 26 heavy (non-hydrogen) atoms. The molecule has 2 atom stereocenters. The van der Waals surface area contributed by atoms with Crippen molar-refractivity contribution in [1.29, 1.82) is 0 Å². The highest BCUT2D eigenvalue weighted by Crippen LogP contribution is 2.11. The maximum atomic E-state index is 12.5. The molecule has 0 aliphatic rings. The van der Waals surface area contributed by atoms with Crippen molar-refractivity contribution in [3.8, 4) is 0 Å². The van der Waals surface area contributed by atoms with E-state index in [0.717, 1.165) is 0 Å². The van der Waals surface area contributed by atoms with Gasteiger partial charge in [-0.3, -0.25) is 9.59 Å². The van der Waals surface area contributed by atoms with E-state index < -0.39 is 24.0 Å². The highest BCUT2D eigenvalue weighted by Gasteiger charge is 2.37. The lowest BCUT2D eigenvalue weighted by Crippen LogP contribution is -2.52. The van der Waals surface area contributed by atoms with Gasteiger partial charge in [0.15, 0.2) is 12.2 Å². The van der Waals surface area contributed by atoms with Crippen LogP contribution in [0.2, 0.25) is 0 Å². The summed E-state index contributed by atoms with van der Waals surface area (Å²) >= 11 is 0. The van der Waals surface area contributed by atoms with E-state index in [1.54, 1.807) is 28.2 Å². The number of aliphatic hydroxyl groups is 2. The van der Waals surface area contributed by atoms with E-state index in [4.69, 9.17) is 29.2 Å². The van der Waals surface area contributed by atoms with Crippen LogP contribution in [0.5, 0.6) is 0 Å². The molecule has 0 aromatic carbocycles. The topological polar surface area (TPSA) is 118 Å². The van der Waals surface area contributed by atoms with Crippen molar-refractivity contribution in [2.45, 2.75) is 12.2 Å². The molecule has 154 valence electrons. The van der Waals surface area contributed by atoms with E-state index in [9.17, 15) is 9.59 Å². The molecule has 0 saturated carbocycles. The molecule has 10 heteroatoms. The van der Waals surface area contributed by atoms with Crippen molar-refractivity contribution in [3.05, 3.63) is 0 Å². The van der Waals surface area contributed by atoms with Crippen LogP contribution in [0.25, 0.3) is 0 Å². The summed E-state index contributed by atoms with van der Waals surface area (Å²) in [7, 11) is 6.23. The molecular weight excluding hydrogens is 348 g/mol. The first-order valence-electron chi connectivity index (χ1n) is 8.39. The summed E-state index contributed by atoms with van der Waals surface area (Å²) in [5, 5.41) is 17.4. The van der Waals surface area contributed by atoms with Crippen molar-refractivity contribution in [2.24, 2.45) is 0 Å². The molecule has 0 fully saturated rings. The van der Waals surface area contributed by atoms with Gasteiger partial charge in [0, 0.05) is 28.2 Å². The predicted molar refractivity (Wildman–Crippen MR) is 92.7 cm³/mol. The zero-order chi connectivity index (χ0) is 19.9. The molecule has 0 aromatic rings. The van der Waals surface area contributed by atoms with Crippen LogP contribution in [0.3, 0.4) is 0 Å². The number of aliphatic hydroxyl groups excluding tert-OH is 2. The number of nitrogens with zero attached hydrogens (tertiary/aromatic N) is 2. The van der Waals surface area contributed by atoms with E-state index >= 15 is 0 Å². The van der Waals surface area contributed by atoms with Gasteiger partial charge < -0.3 is 39.0 Å². The van der Waals surface area contributed by atoms with Gasteiger partial charge in [-0.05, 0) is 0 Å². The average molecular weight is 380 g/mol. The van der Waals surface area contributed by atoms with Crippen molar-refractivity contribution in [1.82, 2.24) is 9.80 Å². The molecule has 0 spiro atoms. The van der Waals surface area contributed by atoms with E-state index in [1.807, 2.05) is 0 Å². The zero-order valence-electron chi connectivity index (χ0n) is 16.0. The molecule has 0 aliphatic carbocycles. The second kappa shape index (κ2) is 14.8. The van der Waals surface area contributed by atoms with Gasteiger partial charge in [0.1, 0.15) is 0 Å². The van der Waals surface area contributed by atoms with E-state index in [-0.39, 0.29) is 52.9 Å². The molecule has 0 heterocycles. The minimum absolute atomic E-state index is 0.0613. The lowest BCUT2D eigenvalue weighted by molar-refractivity contribution is -0.168. The second-order valence-electron chi connectivity index (χ2n) is 5.72. The van der Waals surface area contributed by atoms with Gasteiger partial charge in [0.25, 0.3) is 11.8 Å². The van der Waals surface area contributed by atoms with Gasteiger partial charge in [0.05, 0.1) is 52.9 Å². The number of carbonyl (C=O) groups is 2. The average Bonchev–Trinajstić information content (AvgIpc) is 2.60. The van der Waals surface area contributed by atoms with Crippen molar-refractivity contribution < 1.29 is 38.7 Å². The SMILES string of the molecule is CN(C)C(=O)[C@H](OCCOCCO)[C@@H](OCCOCCO)C(=O)N(C)C. The van der Waals surface area contributed by atoms with Crippen molar-refractivity contribution in [2.75, 3.05) is 81.0 Å². The van der Waals surface area contributed by atoms with E-state index in [0.29, 0.717) is 0 Å². The highest BCUT2D eigenvalue weighted by molar-refractivity contribution is 5.90. The molecule has 0 radical (unpaired) electrons. The van der Waals surface area contributed by atoms with Crippen molar-refractivity contribution >= 4 is 11.8 Å². The first-order valence-corrected chi connectivity index (χ1v) is 8.39. The fraction of sp³-hybridized carbons (Fsp3) is 0.875. The Morgan fingerprint density at radius 1 is 0.692 bits per heavy atom. The lowest BCUT2D eigenvalue weighted by Gasteiger charge is -2.29. The Hall–Kier alpha value is -1.30. The number of hydrogen-bond acceptors (Lipinski definition) is 8. The third kappa shape index (κ3) is 10.00. The molecule has 0 aromatic heterocycles. The molecule has 10 nitrogen and oxygen atoms in total. The summed E-state index contributed by atoms with van der Waals surface area (Å²) in [5.74, 6) is -0.827. The third-order valence-corrected chi connectivity index (χ3v) is 3.16. The van der Waals surface area contributed by atoms with Crippen molar-refractivity contribution in [3.63, 3.8) is 0 Å². The minimum atomic E-state index is -1.14. The molecule has 0 unspecified atom stereocenters. The van der Waals surface area contributed by atoms with Crippen LogP contribution in [0, 0.1) is 0 Å². The molecule has 0 rings (SSSR count). The maximum Gasteiger partial charge on any atom is 0.254 e. The highest BCUT2D eigenvalue weighted by atomic mass is 16.6. The third-order valence-electron chi connectivity index (χ3n) is 3.16. The fourth-order valence-corrected chi connectivity index (χ4v) is 1.89. The first kappa shape index (κ1) is 24.7. The molecule has 0 bridgehead atoms. The van der Waals surface area contributed by atoms with Gasteiger partial charge in [-0.15, -0.1) is 0 Å². The van der Waals surface area contributed by atoms with Crippen LogP contribution in [-0.4, -0.2) is 125 Å². The van der Waals surface area contributed by atoms with Crippen LogP contribution in [0.4, 0.5) is 0 Å². The quantitative estimate of drug-likeness (QED) is 0.312. The number of amides is 2. The Labute approximate surface area is 154 Å². The summed E-state index contributed by atoms with van der Waals surface area (Å²) in [6.45, 7) is 0.554. The zero-order valence-corrected chi connectivity index (χ0v) is 16.0. The van der Waals surface area contributed by atoms with Gasteiger partial charge in [0.2, 0.25) is 0 Å². The summed E-state index contributed by atoms with van der Waals surface area (Å²) < 4.78 is 21.4. The first-order chi connectivity index (χ1) is 12.4. The Morgan fingerprint density at radius 2 is 1.04 bits per heavy atom. The Morgan fingerprint density at radius 3 is 1.31 bits per heavy atom. The standard InChI is InChI=1S/C16H32N2O8/c1-17(2)15(21)13(25-11-9-23-7-5-19)14(16(22)18(3)4)26-12-10-24-8-6-20/h13-14,19-20H,5-12H2,1-4H3/t13-,14-/m1/s1. The number of likely N-dealkylation sites (N-methyl/N-ethyl adjacent to an activating group) is 2. The van der Waals surface area contributed by atoms with Crippen LogP contribution < -0.4 is 0 Å². The molecule has 2 N–H and O–H groups in total. The van der Waals surface area contributed by atoms with Gasteiger partial charge in [-0.25, -0.2) is 0 Å². The van der Waals surface area contributed by atoms with E-state index in [2.05, 4.69) is 0 Å². The smallest absolute Gasteiger partial charge is 0.254 e. The number of rotatable bonds is 15. The second-order valence-corrected chi connectivity index (χ2v) is 5.72. The van der Waals surface area contributed by atoms with Gasteiger partial charge in [-0.1, -0.05) is 0 Å². The van der Waals surface area contributed by atoms with Crippen LogP contribution in [-0.2, 0) is 28.5 Å². The molecule has 0 aliphatic heterocycles. The Kier molecular flexibility index (Phi) is 14.1. The van der Waals surface area contributed by atoms with E-state index in [1.165, 1.54) is 9.80 Å².